The molecule has 2 aliphatic heterocycles. The van der Waals surface area contributed by atoms with Crippen LogP contribution in [0.2, 0.25) is 0 Å². The van der Waals surface area contributed by atoms with E-state index in [0.29, 0.717) is 0 Å². The Morgan fingerprint density at radius 3 is 2.50 bits per heavy atom. The predicted octanol–water partition coefficient (Wildman–Crippen LogP) is 0.689. The minimum absolute atomic E-state index is 0.106. The highest BCUT2D eigenvalue weighted by Crippen LogP contribution is 2.26. The molecule has 0 aromatic rings. The van der Waals surface area contributed by atoms with Gasteiger partial charge in [-0.05, 0) is 38.1 Å². The molecule has 0 spiro atoms. The predicted molar refractivity (Wildman–Crippen MR) is 59.2 cm³/mol. The van der Waals surface area contributed by atoms with Crippen molar-refractivity contribution >= 4 is 17.7 Å². The van der Waals surface area contributed by atoms with Crippen LogP contribution < -0.4 is 5.73 Å². The van der Waals surface area contributed by atoms with Crippen LogP contribution in [-0.2, 0) is 4.79 Å². The van der Waals surface area contributed by atoms with E-state index in [1.54, 1.807) is 0 Å². The number of likely N-dealkylation sites (tertiary alicyclic amines) is 1. The van der Waals surface area contributed by atoms with Crippen LogP contribution in [0, 0.1) is 5.92 Å². The summed E-state index contributed by atoms with van der Waals surface area (Å²) >= 11 is 2.05. The summed E-state index contributed by atoms with van der Waals surface area (Å²) < 4.78 is 0. The van der Waals surface area contributed by atoms with Crippen LogP contribution >= 0.6 is 11.8 Å². The second kappa shape index (κ2) is 4.53. The zero-order valence-electron chi connectivity index (χ0n) is 8.45. The van der Waals surface area contributed by atoms with Gasteiger partial charge in [-0.25, -0.2) is 0 Å². The van der Waals surface area contributed by atoms with Gasteiger partial charge in [0.25, 0.3) is 0 Å². The Labute approximate surface area is 89.4 Å². The van der Waals surface area contributed by atoms with Gasteiger partial charge in [0, 0.05) is 17.7 Å². The number of carbonyl (C=O) groups is 1. The van der Waals surface area contributed by atoms with E-state index in [2.05, 4.69) is 4.90 Å². The molecule has 1 amide bonds. The van der Waals surface area contributed by atoms with E-state index in [0.717, 1.165) is 32.0 Å². The highest BCUT2D eigenvalue weighted by atomic mass is 32.2. The molecule has 3 nitrogen and oxygen atoms in total. The fourth-order valence-electron chi connectivity index (χ4n) is 2.36. The monoisotopic (exact) mass is 214 g/mol. The SMILES string of the molecule is NC(=O)C1CCN(C2CCSC2)CC1. The summed E-state index contributed by atoms with van der Waals surface area (Å²) in [6, 6.07) is 0.772. The molecule has 2 heterocycles. The first-order valence-corrected chi connectivity index (χ1v) is 6.54. The number of nitrogens with zero attached hydrogens (tertiary/aromatic N) is 1. The number of thioether (sulfide) groups is 1. The fourth-order valence-corrected chi connectivity index (χ4v) is 3.61. The molecule has 0 radical (unpaired) electrons. The second-order valence-corrected chi connectivity index (χ2v) is 5.38. The van der Waals surface area contributed by atoms with Crippen LogP contribution in [0.5, 0.6) is 0 Å². The van der Waals surface area contributed by atoms with Crippen LogP contribution in [0.4, 0.5) is 0 Å². The maximum absolute atomic E-state index is 11.0. The van der Waals surface area contributed by atoms with Gasteiger partial charge < -0.3 is 5.73 Å². The van der Waals surface area contributed by atoms with Gasteiger partial charge >= 0.3 is 0 Å². The molecule has 80 valence electrons. The van der Waals surface area contributed by atoms with Gasteiger partial charge in [0.15, 0.2) is 0 Å². The number of nitrogens with two attached hydrogens (primary N) is 1. The summed E-state index contributed by atoms with van der Waals surface area (Å²) in [5, 5.41) is 0. The highest BCUT2D eigenvalue weighted by molar-refractivity contribution is 7.99. The van der Waals surface area contributed by atoms with Crippen molar-refractivity contribution in [3.63, 3.8) is 0 Å². The summed E-state index contributed by atoms with van der Waals surface area (Å²) in [7, 11) is 0. The van der Waals surface area contributed by atoms with Gasteiger partial charge in [0.1, 0.15) is 0 Å². The molecule has 2 aliphatic rings. The number of piperidine rings is 1. The molecule has 0 saturated carbocycles. The Morgan fingerprint density at radius 2 is 2.00 bits per heavy atom. The van der Waals surface area contributed by atoms with E-state index in [4.69, 9.17) is 5.73 Å². The minimum Gasteiger partial charge on any atom is -0.369 e. The summed E-state index contributed by atoms with van der Waals surface area (Å²) in [6.07, 6.45) is 3.26. The topological polar surface area (TPSA) is 46.3 Å². The van der Waals surface area contributed by atoms with Crippen molar-refractivity contribution in [2.45, 2.75) is 25.3 Å². The maximum Gasteiger partial charge on any atom is 0.220 e. The lowest BCUT2D eigenvalue weighted by Gasteiger charge is -2.34. The molecule has 2 fully saturated rings. The van der Waals surface area contributed by atoms with Gasteiger partial charge in [-0.15, -0.1) is 0 Å². The lowest BCUT2D eigenvalue weighted by molar-refractivity contribution is -0.123. The third kappa shape index (κ3) is 2.23. The van der Waals surface area contributed by atoms with Crippen molar-refractivity contribution in [2.24, 2.45) is 11.7 Å². The molecular formula is C10H18N2OS. The first kappa shape index (κ1) is 10.3. The Balaban J connectivity index is 1.80. The Hall–Kier alpha value is -0.220. The van der Waals surface area contributed by atoms with Gasteiger partial charge in [-0.2, -0.15) is 11.8 Å². The molecule has 0 aliphatic carbocycles. The molecule has 1 atom stereocenters. The lowest BCUT2D eigenvalue weighted by Crippen LogP contribution is -2.43. The highest BCUT2D eigenvalue weighted by Gasteiger charge is 2.28. The number of amides is 1. The summed E-state index contributed by atoms with van der Waals surface area (Å²) in [6.45, 7) is 2.14. The zero-order valence-corrected chi connectivity index (χ0v) is 9.26. The Bertz CT molecular complexity index is 208. The Kier molecular flexibility index (Phi) is 3.34. The van der Waals surface area contributed by atoms with Crippen molar-refractivity contribution in [1.82, 2.24) is 4.90 Å². The van der Waals surface area contributed by atoms with E-state index in [1.807, 2.05) is 11.8 Å². The first-order chi connectivity index (χ1) is 6.77. The van der Waals surface area contributed by atoms with E-state index in [-0.39, 0.29) is 11.8 Å². The van der Waals surface area contributed by atoms with Crippen LogP contribution in [0.3, 0.4) is 0 Å². The summed E-state index contributed by atoms with van der Waals surface area (Å²) in [5.74, 6) is 2.62. The van der Waals surface area contributed by atoms with E-state index < -0.39 is 0 Å². The number of rotatable bonds is 2. The van der Waals surface area contributed by atoms with Gasteiger partial charge in [-0.1, -0.05) is 0 Å². The van der Waals surface area contributed by atoms with Crippen molar-refractivity contribution in [1.29, 1.82) is 0 Å². The molecule has 1 unspecified atom stereocenters. The van der Waals surface area contributed by atoms with Crippen LogP contribution in [-0.4, -0.2) is 41.4 Å². The molecule has 0 aromatic heterocycles. The van der Waals surface area contributed by atoms with Crippen LogP contribution in [0.25, 0.3) is 0 Å². The zero-order chi connectivity index (χ0) is 9.97. The maximum atomic E-state index is 11.0. The second-order valence-electron chi connectivity index (χ2n) is 4.23. The minimum atomic E-state index is -0.106. The van der Waals surface area contributed by atoms with Gasteiger partial charge in [-0.3, -0.25) is 9.69 Å². The quantitative estimate of drug-likeness (QED) is 0.735. The third-order valence-electron chi connectivity index (χ3n) is 3.35. The standard InChI is InChI=1S/C10H18N2OS/c11-10(13)8-1-4-12(5-2-8)9-3-6-14-7-9/h8-9H,1-7H2,(H2,11,13). The molecule has 0 aromatic carbocycles. The molecular weight excluding hydrogens is 196 g/mol. The largest absolute Gasteiger partial charge is 0.369 e. The number of carbonyl (C=O) groups excluding carboxylic acids is 1. The average molecular weight is 214 g/mol. The normalized spacial score (nSPS) is 30.7. The number of hydrogen-bond donors (Lipinski definition) is 1. The molecule has 14 heavy (non-hydrogen) atoms. The first-order valence-electron chi connectivity index (χ1n) is 5.38. The lowest BCUT2D eigenvalue weighted by atomic mass is 9.95. The molecule has 0 bridgehead atoms. The van der Waals surface area contributed by atoms with Gasteiger partial charge in [0.05, 0.1) is 0 Å². The van der Waals surface area contributed by atoms with Crippen molar-refractivity contribution < 1.29 is 4.79 Å². The summed E-state index contributed by atoms with van der Waals surface area (Å²) in [4.78, 5) is 13.5. The van der Waals surface area contributed by atoms with Crippen molar-refractivity contribution in [2.75, 3.05) is 24.6 Å². The third-order valence-corrected chi connectivity index (χ3v) is 4.50. The number of hydrogen-bond acceptors (Lipinski definition) is 3. The summed E-state index contributed by atoms with van der Waals surface area (Å²) in [5.41, 5.74) is 5.30. The van der Waals surface area contributed by atoms with Gasteiger partial charge in [0.2, 0.25) is 5.91 Å². The van der Waals surface area contributed by atoms with E-state index in [1.165, 1.54) is 17.9 Å². The molecule has 2 rings (SSSR count). The molecule has 4 heteroatoms. The molecule has 2 N–H and O–H groups in total. The smallest absolute Gasteiger partial charge is 0.220 e. The van der Waals surface area contributed by atoms with Crippen LogP contribution in [0.1, 0.15) is 19.3 Å². The number of primary amides is 1. The van der Waals surface area contributed by atoms with E-state index in [9.17, 15) is 4.79 Å². The average Bonchev–Trinajstić information content (AvgIpc) is 2.71. The van der Waals surface area contributed by atoms with Crippen molar-refractivity contribution in [3.05, 3.63) is 0 Å². The van der Waals surface area contributed by atoms with Crippen molar-refractivity contribution in [3.8, 4) is 0 Å². The van der Waals surface area contributed by atoms with Crippen LogP contribution in [0.15, 0.2) is 0 Å². The Morgan fingerprint density at radius 1 is 1.29 bits per heavy atom. The fraction of sp³-hybridized carbons (Fsp3) is 0.900. The molecule has 2 saturated heterocycles. The van der Waals surface area contributed by atoms with E-state index >= 15 is 0 Å².